The molecule has 0 radical (unpaired) electrons. The van der Waals surface area contributed by atoms with Crippen LogP contribution in [0.3, 0.4) is 0 Å². The summed E-state index contributed by atoms with van der Waals surface area (Å²) in [5, 5.41) is 0. The maximum atomic E-state index is 12.6. The van der Waals surface area contributed by atoms with Gasteiger partial charge in [0.2, 0.25) is 5.78 Å². The maximum absolute atomic E-state index is 12.6. The molecule has 2 unspecified atom stereocenters. The minimum atomic E-state index is -1.09. The molecule has 0 fully saturated rings. The van der Waals surface area contributed by atoms with E-state index in [1.165, 1.54) is 11.1 Å². The summed E-state index contributed by atoms with van der Waals surface area (Å²) in [7, 11) is 0. The molecule has 0 spiro atoms. The van der Waals surface area contributed by atoms with Crippen LogP contribution in [-0.4, -0.2) is 28.2 Å². The summed E-state index contributed by atoms with van der Waals surface area (Å²) in [4.78, 5) is 26.4. The number of rotatable bonds is 4. The molecule has 0 aromatic carbocycles. The third-order valence-corrected chi connectivity index (χ3v) is 3.79. The molecule has 0 N–H and O–H groups in total. The van der Waals surface area contributed by atoms with Crippen molar-refractivity contribution < 1.29 is 14.3 Å². The Balaban J connectivity index is 2.28. The second kappa shape index (κ2) is 5.72. The molecule has 112 valence electrons. The zero-order chi connectivity index (χ0) is 15.6. The van der Waals surface area contributed by atoms with Gasteiger partial charge in [0.15, 0.2) is 5.60 Å². The molecule has 2 aliphatic rings. The van der Waals surface area contributed by atoms with Crippen LogP contribution in [0.2, 0.25) is 0 Å². The highest BCUT2D eigenvalue weighted by molar-refractivity contribution is 6.25. The van der Waals surface area contributed by atoms with Crippen LogP contribution < -0.4 is 0 Å². The van der Waals surface area contributed by atoms with Gasteiger partial charge in [-0.2, -0.15) is 0 Å². The van der Waals surface area contributed by atoms with Gasteiger partial charge in [-0.25, -0.2) is 0 Å². The van der Waals surface area contributed by atoms with Gasteiger partial charge in [0.25, 0.3) is 5.91 Å². The topological polar surface area (TPSA) is 46.6 Å². The summed E-state index contributed by atoms with van der Waals surface area (Å²) >= 11 is 0. The number of amides is 1. The molecule has 4 nitrogen and oxygen atoms in total. The van der Waals surface area contributed by atoms with E-state index in [0.717, 1.165) is 6.42 Å². The van der Waals surface area contributed by atoms with Crippen molar-refractivity contribution in [1.29, 1.82) is 0 Å². The van der Waals surface area contributed by atoms with Crippen molar-refractivity contribution in [3.8, 4) is 0 Å². The Labute approximate surface area is 125 Å². The van der Waals surface area contributed by atoms with Crippen LogP contribution in [-0.2, 0) is 14.3 Å². The standard InChI is InChI=1S/C17H21NO3/c1-5-7-8-9-10-17(4)15(19)14-13(21-17)11-12(3)18(6-2)16(14)20/h6-10,12H,2,5,11H2,1,3-4H3/b8-7+,10-9+. The summed E-state index contributed by atoms with van der Waals surface area (Å²) in [6.07, 6.45) is 10.3. The fourth-order valence-electron chi connectivity index (χ4n) is 2.61. The average molecular weight is 287 g/mol. The summed E-state index contributed by atoms with van der Waals surface area (Å²) < 4.78 is 5.81. The van der Waals surface area contributed by atoms with Crippen molar-refractivity contribution in [2.45, 2.75) is 45.3 Å². The Kier molecular flexibility index (Phi) is 4.16. The van der Waals surface area contributed by atoms with Crippen LogP contribution in [0.15, 0.2) is 48.4 Å². The van der Waals surface area contributed by atoms with E-state index in [4.69, 9.17) is 4.74 Å². The van der Waals surface area contributed by atoms with Gasteiger partial charge in [-0.1, -0.05) is 31.7 Å². The van der Waals surface area contributed by atoms with E-state index < -0.39 is 5.60 Å². The Morgan fingerprint density at radius 3 is 2.76 bits per heavy atom. The number of nitrogens with zero attached hydrogens (tertiary/aromatic N) is 1. The molecule has 2 aliphatic heterocycles. The van der Waals surface area contributed by atoms with Gasteiger partial charge >= 0.3 is 0 Å². The van der Waals surface area contributed by atoms with Gasteiger partial charge < -0.3 is 9.64 Å². The van der Waals surface area contributed by atoms with Crippen molar-refractivity contribution in [2.24, 2.45) is 0 Å². The van der Waals surface area contributed by atoms with Gasteiger partial charge in [0.05, 0.1) is 0 Å². The summed E-state index contributed by atoms with van der Waals surface area (Å²) in [5.41, 5.74) is -0.922. The van der Waals surface area contributed by atoms with E-state index in [1.807, 2.05) is 26.0 Å². The first-order valence-electron chi connectivity index (χ1n) is 7.21. The number of hydrogen-bond donors (Lipinski definition) is 0. The molecular formula is C17H21NO3. The Hall–Kier alpha value is -2.10. The predicted molar refractivity (Wildman–Crippen MR) is 81.2 cm³/mol. The summed E-state index contributed by atoms with van der Waals surface area (Å²) in [6, 6.07) is -0.0483. The average Bonchev–Trinajstić information content (AvgIpc) is 2.67. The van der Waals surface area contributed by atoms with Crippen molar-refractivity contribution in [3.05, 3.63) is 48.4 Å². The second-order valence-corrected chi connectivity index (χ2v) is 5.48. The van der Waals surface area contributed by atoms with Crippen LogP contribution in [0.4, 0.5) is 0 Å². The fraction of sp³-hybridized carbons (Fsp3) is 0.412. The first kappa shape index (κ1) is 15.3. The number of ketones is 1. The third-order valence-electron chi connectivity index (χ3n) is 3.79. The first-order valence-corrected chi connectivity index (χ1v) is 7.21. The molecule has 0 aromatic heterocycles. The number of carbonyl (C=O) groups excluding carboxylic acids is 2. The third kappa shape index (κ3) is 2.58. The lowest BCUT2D eigenvalue weighted by Gasteiger charge is -2.29. The lowest BCUT2D eigenvalue weighted by Crippen LogP contribution is -2.41. The Morgan fingerprint density at radius 1 is 1.43 bits per heavy atom. The molecule has 0 saturated carbocycles. The van der Waals surface area contributed by atoms with Crippen molar-refractivity contribution in [1.82, 2.24) is 4.90 Å². The summed E-state index contributed by atoms with van der Waals surface area (Å²) in [5.74, 6) is -0.0883. The molecule has 2 rings (SSSR count). The van der Waals surface area contributed by atoms with Crippen LogP contribution in [0.25, 0.3) is 0 Å². The predicted octanol–water partition coefficient (Wildman–Crippen LogP) is 2.89. The Morgan fingerprint density at radius 2 is 2.14 bits per heavy atom. The SMILES string of the molecule is C=CN1C(=O)C2=C(CC1C)OC(C)(/C=C/C=C/CC)C2=O. The molecule has 1 amide bonds. The van der Waals surface area contributed by atoms with Gasteiger partial charge in [-0.15, -0.1) is 0 Å². The number of carbonyl (C=O) groups is 2. The van der Waals surface area contributed by atoms with Gasteiger partial charge in [-0.05, 0) is 26.3 Å². The van der Waals surface area contributed by atoms with Crippen LogP contribution >= 0.6 is 0 Å². The molecule has 0 bridgehead atoms. The number of ether oxygens (including phenoxy) is 1. The molecule has 21 heavy (non-hydrogen) atoms. The number of hydrogen-bond acceptors (Lipinski definition) is 3. The zero-order valence-electron chi connectivity index (χ0n) is 12.8. The smallest absolute Gasteiger partial charge is 0.265 e. The van der Waals surface area contributed by atoms with Crippen LogP contribution in [0.1, 0.15) is 33.6 Å². The zero-order valence-corrected chi connectivity index (χ0v) is 12.8. The summed E-state index contributed by atoms with van der Waals surface area (Å²) in [6.45, 7) is 9.28. The van der Waals surface area contributed by atoms with E-state index in [0.29, 0.717) is 12.2 Å². The van der Waals surface area contributed by atoms with Crippen LogP contribution in [0, 0.1) is 0 Å². The molecule has 0 aromatic rings. The molecule has 0 saturated heterocycles. The first-order chi connectivity index (χ1) is 9.94. The van der Waals surface area contributed by atoms with Crippen molar-refractivity contribution >= 4 is 11.7 Å². The highest BCUT2D eigenvalue weighted by Gasteiger charge is 2.50. The minimum Gasteiger partial charge on any atom is -0.479 e. The lowest BCUT2D eigenvalue weighted by atomic mass is 9.92. The molecule has 2 heterocycles. The van der Waals surface area contributed by atoms with E-state index >= 15 is 0 Å². The highest BCUT2D eigenvalue weighted by Crippen LogP contribution is 2.38. The van der Waals surface area contributed by atoms with E-state index in [-0.39, 0.29) is 23.3 Å². The Bertz CT molecular complexity index is 571. The minimum absolute atomic E-state index is 0.0483. The van der Waals surface area contributed by atoms with E-state index in [2.05, 4.69) is 6.58 Å². The molecule has 4 heteroatoms. The van der Waals surface area contributed by atoms with Gasteiger partial charge in [-0.3, -0.25) is 9.59 Å². The van der Waals surface area contributed by atoms with Gasteiger partial charge in [0, 0.05) is 18.7 Å². The van der Waals surface area contributed by atoms with E-state index in [9.17, 15) is 9.59 Å². The van der Waals surface area contributed by atoms with Gasteiger partial charge in [0.1, 0.15) is 11.3 Å². The molecular weight excluding hydrogens is 266 g/mol. The van der Waals surface area contributed by atoms with Crippen LogP contribution in [0.5, 0.6) is 0 Å². The quantitative estimate of drug-likeness (QED) is 0.590. The normalized spacial score (nSPS) is 29.5. The molecule has 0 aliphatic carbocycles. The van der Waals surface area contributed by atoms with Crippen molar-refractivity contribution in [3.63, 3.8) is 0 Å². The monoisotopic (exact) mass is 287 g/mol. The number of Topliss-reactive ketones (excluding diaryl/α,β-unsaturated/α-hetero) is 1. The fourth-order valence-corrected chi connectivity index (χ4v) is 2.61. The van der Waals surface area contributed by atoms with E-state index in [1.54, 1.807) is 19.1 Å². The maximum Gasteiger partial charge on any atom is 0.265 e. The number of allylic oxidation sites excluding steroid dienone is 3. The highest BCUT2D eigenvalue weighted by atomic mass is 16.5. The lowest BCUT2D eigenvalue weighted by molar-refractivity contribution is -0.130. The largest absolute Gasteiger partial charge is 0.479 e. The van der Waals surface area contributed by atoms with Crippen molar-refractivity contribution in [2.75, 3.05) is 0 Å². The second-order valence-electron chi connectivity index (χ2n) is 5.48. The molecule has 2 atom stereocenters.